The van der Waals surface area contributed by atoms with E-state index in [0.717, 1.165) is 29.5 Å². The largest absolute Gasteiger partial charge is 0.381 e. The molecule has 0 aliphatic heterocycles. The first-order valence-corrected chi connectivity index (χ1v) is 8.80. The number of thiophene rings is 1. The van der Waals surface area contributed by atoms with Crippen LogP contribution in [0.5, 0.6) is 0 Å². The normalized spacial score (nSPS) is 16.0. The van der Waals surface area contributed by atoms with Crippen LogP contribution in [-0.2, 0) is 28.9 Å². The van der Waals surface area contributed by atoms with E-state index in [-0.39, 0.29) is 18.5 Å². The molecule has 1 aliphatic carbocycles. The van der Waals surface area contributed by atoms with Gasteiger partial charge in [0.2, 0.25) is 0 Å². The molecule has 26 heavy (non-hydrogen) atoms. The van der Waals surface area contributed by atoms with Gasteiger partial charge in [0.15, 0.2) is 12.4 Å². The summed E-state index contributed by atoms with van der Waals surface area (Å²) in [6.45, 7) is 1.35. The Morgan fingerprint density at radius 2 is 2.42 bits per heavy atom. The third-order valence-corrected chi connectivity index (χ3v) is 5.61. The summed E-state index contributed by atoms with van der Waals surface area (Å²) >= 11 is 1.37. The number of nitrogens with one attached hydrogen (secondary N) is 1. The Balaban J connectivity index is 1.81. The van der Waals surface area contributed by atoms with Gasteiger partial charge in [-0.1, -0.05) is 0 Å². The molecular formula is C16H17N5O4S. The number of amides is 1. The van der Waals surface area contributed by atoms with E-state index in [1.54, 1.807) is 14.0 Å². The lowest BCUT2D eigenvalue weighted by molar-refractivity contribution is -0.392. The maximum atomic E-state index is 12.4. The Kier molecular flexibility index (Phi) is 5.01. The fourth-order valence-electron chi connectivity index (χ4n) is 3.07. The molecule has 1 atom stereocenters. The zero-order valence-corrected chi connectivity index (χ0v) is 15.1. The Labute approximate surface area is 153 Å². The van der Waals surface area contributed by atoms with Gasteiger partial charge in [-0.2, -0.15) is 5.26 Å². The van der Waals surface area contributed by atoms with Gasteiger partial charge < -0.3 is 20.2 Å². The highest BCUT2D eigenvalue weighted by Crippen LogP contribution is 2.38. The molecule has 0 saturated carbocycles. The standard InChI is InChI=1S/C16H17N5O4S/c1-9-18-7-15(21(23)24)20(9)8-14(22)19-16-12(6-17)11-4-3-10(25-2)5-13(11)26-16/h7,10H,3-5,8H2,1-2H3,(H,19,22). The predicted octanol–water partition coefficient (Wildman–Crippen LogP) is 2.18. The van der Waals surface area contributed by atoms with Crippen LogP contribution in [0.3, 0.4) is 0 Å². The number of nitrogens with zero attached hydrogens (tertiary/aromatic N) is 4. The second-order valence-electron chi connectivity index (χ2n) is 5.98. The van der Waals surface area contributed by atoms with Crippen LogP contribution in [0, 0.1) is 28.4 Å². The summed E-state index contributed by atoms with van der Waals surface area (Å²) in [4.78, 5) is 27.8. The van der Waals surface area contributed by atoms with E-state index in [1.807, 2.05) is 0 Å². The first kappa shape index (κ1) is 18.0. The third-order valence-electron chi connectivity index (χ3n) is 4.44. The van der Waals surface area contributed by atoms with Gasteiger partial charge >= 0.3 is 5.82 Å². The van der Waals surface area contributed by atoms with Crippen molar-refractivity contribution in [3.05, 3.63) is 38.1 Å². The number of hydrogen-bond donors (Lipinski definition) is 1. The number of aromatic nitrogens is 2. The second kappa shape index (κ2) is 7.23. The highest BCUT2D eigenvalue weighted by molar-refractivity contribution is 7.16. The molecule has 0 aromatic carbocycles. The number of nitro groups is 1. The van der Waals surface area contributed by atoms with Gasteiger partial charge in [-0.05, 0) is 23.3 Å². The lowest BCUT2D eigenvalue weighted by atomic mass is 9.94. The van der Waals surface area contributed by atoms with Crippen molar-refractivity contribution in [1.82, 2.24) is 9.55 Å². The number of carbonyl (C=O) groups excluding carboxylic acids is 1. The summed E-state index contributed by atoms with van der Waals surface area (Å²) in [5.74, 6) is -0.306. The molecule has 2 aromatic heterocycles. The summed E-state index contributed by atoms with van der Waals surface area (Å²) in [6, 6.07) is 2.17. The van der Waals surface area contributed by atoms with Gasteiger partial charge in [-0.3, -0.25) is 4.79 Å². The van der Waals surface area contributed by atoms with Crippen LogP contribution >= 0.6 is 11.3 Å². The number of fused-ring (bicyclic) bond motifs is 1. The van der Waals surface area contributed by atoms with Crippen LogP contribution in [0.4, 0.5) is 10.8 Å². The number of carbonyl (C=O) groups is 1. The van der Waals surface area contributed by atoms with Gasteiger partial charge in [0.1, 0.15) is 17.3 Å². The molecular weight excluding hydrogens is 358 g/mol. The quantitative estimate of drug-likeness (QED) is 0.631. The van der Waals surface area contributed by atoms with Crippen LogP contribution in [-0.4, -0.2) is 33.6 Å². The highest BCUT2D eigenvalue weighted by atomic mass is 32.1. The Bertz CT molecular complexity index is 911. The molecule has 1 amide bonds. The van der Waals surface area contributed by atoms with Crippen LogP contribution in [0.2, 0.25) is 0 Å². The average molecular weight is 375 g/mol. The molecule has 3 rings (SSSR count). The van der Waals surface area contributed by atoms with E-state index in [0.29, 0.717) is 22.8 Å². The zero-order valence-electron chi connectivity index (χ0n) is 14.3. The smallest absolute Gasteiger partial charge is 0.343 e. The number of nitriles is 1. The van der Waals surface area contributed by atoms with Gasteiger partial charge in [-0.25, -0.2) is 9.55 Å². The number of methoxy groups -OCH3 is 1. The molecule has 10 heteroatoms. The van der Waals surface area contributed by atoms with E-state index >= 15 is 0 Å². The minimum Gasteiger partial charge on any atom is -0.381 e. The number of ether oxygens (including phenoxy) is 1. The van der Waals surface area contributed by atoms with E-state index < -0.39 is 10.8 Å². The average Bonchev–Trinajstić information content (AvgIpc) is 3.14. The number of rotatable bonds is 5. The minimum atomic E-state index is -0.581. The summed E-state index contributed by atoms with van der Waals surface area (Å²) in [7, 11) is 1.66. The van der Waals surface area contributed by atoms with Crippen LogP contribution in [0.15, 0.2) is 6.20 Å². The predicted molar refractivity (Wildman–Crippen MR) is 94.1 cm³/mol. The van der Waals surface area contributed by atoms with Crippen molar-refractivity contribution in [3.63, 3.8) is 0 Å². The molecule has 0 fully saturated rings. The zero-order chi connectivity index (χ0) is 18.8. The summed E-state index contributed by atoms with van der Waals surface area (Å²) in [6.07, 6.45) is 3.52. The lowest BCUT2D eigenvalue weighted by Crippen LogP contribution is -2.20. The van der Waals surface area contributed by atoms with Crippen molar-refractivity contribution in [2.24, 2.45) is 0 Å². The molecule has 1 aliphatic rings. The van der Waals surface area contributed by atoms with Crippen molar-refractivity contribution in [3.8, 4) is 6.07 Å². The number of aryl methyl sites for hydroxylation is 1. The molecule has 0 bridgehead atoms. The summed E-state index contributed by atoms with van der Waals surface area (Å²) in [5.41, 5.74) is 1.44. The Morgan fingerprint density at radius 3 is 3.08 bits per heavy atom. The molecule has 9 nitrogen and oxygen atoms in total. The second-order valence-corrected chi connectivity index (χ2v) is 7.08. The molecule has 136 valence electrons. The Morgan fingerprint density at radius 1 is 1.65 bits per heavy atom. The fourth-order valence-corrected chi connectivity index (χ4v) is 4.35. The maximum absolute atomic E-state index is 12.4. The van der Waals surface area contributed by atoms with E-state index in [4.69, 9.17) is 4.74 Å². The summed E-state index contributed by atoms with van der Waals surface area (Å²) < 4.78 is 6.63. The first-order valence-electron chi connectivity index (χ1n) is 7.98. The SMILES string of the molecule is COC1CCc2c(sc(NC(=O)Cn3c([N+](=O)[O-])cnc3C)c2C#N)C1. The van der Waals surface area contributed by atoms with E-state index in [2.05, 4.69) is 16.4 Å². The highest BCUT2D eigenvalue weighted by Gasteiger charge is 2.27. The van der Waals surface area contributed by atoms with Gasteiger partial charge in [-0.15, -0.1) is 11.3 Å². The molecule has 1 unspecified atom stereocenters. The molecule has 1 N–H and O–H groups in total. The molecule has 0 spiro atoms. The molecule has 2 heterocycles. The van der Waals surface area contributed by atoms with Gasteiger partial charge in [0.05, 0.1) is 11.7 Å². The Hall–Kier alpha value is -2.77. The van der Waals surface area contributed by atoms with Crippen LogP contribution in [0.1, 0.15) is 28.2 Å². The molecule has 0 radical (unpaired) electrons. The lowest BCUT2D eigenvalue weighted by Gasteiger charge is -2.20. The maximum Gasteiger partial charge on any atom is 0.343 e. The van der Waals surface area contributed by atoms with Crippen molar-refractivity contribution < 1.29 is 14.5 Å². The molecule has 0 saturated heterocycles. The van der Waals surface area contributed by atoms with Crippen molar-refractivity contribution in [1.29, 1.82) is 5.26 Å². The first-order chi connectivity index (χ1) is 12.4. The topological polar surface area (TPSA) is 123 Å². The fraction of sp³-hybridized carbons (Fsp3) is 0.438. The van der Waals surface area contributed by atoms with Crippen LogP contribution < -0.4 is 5.32 Å². The minimum absolute atomic E-state index is 0.118. The van der Waals surface area contributed by atoms with Crippen LogP contribution in [0.25, 0.3) is 0 Å². The summed E-state index contributed by atoms with van der Waals surface area (Å²) in [5, 5.41) is 23.7. The van der Waals surface area contributed by atoms with E-state index in [1.165, 1.54) is 15.9 Å². The van der Waals surface area contributed by atoms with Crippen molar-refractivity contribution in [2.75, 3.05) is 12.4 Å². The van der Waals surface area contributed by atoms with Gasteiger partial charge in [0, 0.05) is 25.3 Å². The monoisotopic (exact) mass is 375 g/mol. The van der Waals surface area contributed by atoms with Gasteiger partial charge in [0.25, 0.3) is 5.91 Å². The number of imidazole rings is 1. The van der Waals surface area contributed by atoms with Crippen molar-refractivity contribution in [2.45, 2.75) is 38.8 Å². The van der Waals surface area contributed by atoms with E-state index in [9.17, 15) is 20.2 Å². The molecule has 2 aromatic rings. The number of anilines is 1. The number of hydrogen-bond acceptors (Lipinski definition) is 7. The third kappa shape index (κ3) is 3.31. The van der Waals surface area contributed by atoms with Crippen molar-refractivity contribution >= 4 is 28.1 Å².